The average Bonchev–Trinajstić information content (AvgIpc) is 2.64. The minimum atomic E-state index is -0.289. The van der Waals surface area contributed by atoms with Crippen molar-refractivity contribution in [1.29, 1.82) is 0 Å². The molecule has 2 unspecified atom stereocenters. The zero-order valence-electron chi connectivity index (χ0n) is 9.53. The van der Waals surface area contributed by atoms with Gasteiger partial charge in [0.2, 0.25) is 5.91 Å². The van der Waals surface area contributed by atoms with E-state index in [4.69, 9.17) is 0 Å². The molecule has 2 fully saturated rings. The number of hydrogen-bond donors (Lipinski definition) is 1. The SMILES string of the molecule is O=C1CC2CCNCC2N1c1cccc(F)c1. The number of carbonyl (C=O) groups is 1. The summed E-state index contributed by atoms with van der Waals surface area (Å²) in [5.41, 5.74) is 0.686. The zero-order chi connectivity index (χ0) is 11.8. The molecule has 1 aromatic rings. The van der Waals surface area contributed by atoms with Crippen LogP contribution in [0, 0.1) is 11.7 Å². The standard InChI is InChI=1S/C13H15FN2O/c14-10-2-1-3-11(7-10)16-12-8-15-5-4-9(12)6-13(16)17/h1-3,7,9,12,15H,4-6,8H2. The molecule has 3 nitrogen and oxygen atoms in total. The number of nitrogens with one attached hydrogen (secondary N) is 1. The first kappa shape index (κ1) is 10.7. The Balaban J connectivity index is 1.93. The normalized spacial score (nSPS) is 28.3. The molecule has 4 heteroatoms. The summed E-state index contributed by atoms with van der Waals surface area (Å²) in [6.07, 6.45) is 1.63. The van der Waals surface area contributed by atoms with E-state index in [1.165, 1.54) is 12.1 Å². The Hall–Kier alpha value is -1.42. The number of hydrogen-bond acceptors (Lipinski definition) is 2. The van der Waals surface area contributed by atoms with Gasteiger partial charge in [0.15, 0.2) is 0 Å². The number of piperidine rings is 1. The Bertz CT molecular complexity index is 449. The zero-order valence-corrected chi connectivity index (χ0v) is 9.53. The molecule has 90 valence electrons. The summed E-state index contributed by atoms with van der Waals surface area (Å²) in [6.45, 7) is 1.79. The van der Waals surface area contributed by atoms with Crippen molar-refractivity contribution in [3.63, 3.8) is 0 Å². The Kier molecular flexibility index (Phi) is 2.59. The van der Waals surface area contributed by atoms with Crippen LogP contribution in [0.4, 0.5) is 10.1 Å². The predicted octanol–water partition coefficient (Wildman–Crippen LogP) is 1.54. The summed E-state index contributed by atoms with van der Waals surface area (Å²) in [4.78, 5) is 13.8. The fourth-order valence-electron chi connectivity index (χ4n) is 2.91. The molecule has 0 radical (unpaired) electrons. The van der Waals surface area contributed by atoms with Crippen LogP contribution >= 0.6 is 0 Å². The van der Waals surface area contributed by atoms with Gasteiger partial charge in [-0.3, -0.25) is 4.79 Å². The molecule has 2 heterocycles. The number of nitrogens with zero attached hydrogens (tertiary/aromatic N) is 1. The number of anilines is 1. The van der Waals surface area contributed by atoms with Gasteiger partial charge in [-0.05, 0) is 37.1 Å². The topological polar surface area (TPSA) is 32.3 Å². The molecule has 0 aliphatic carbocycles. The smallest absolute Gasteiger partial charge is 0.227 e. The summed E-state index contributed by atoms with van der Waals surface area (Å²) >= 11 is 0. The Labute approximate surface area is 99.6 Å². The van der Waals surface area contributed by atoms with Gasteiger partial charge in [0, 0.05) is 18.7 Å². The van der Waals surface area contributed by atoms with Crippen LogP contribution in [-0.2, 0) is 4.79 Å². The van der Waals surface area contributed by atoms with Gasteiger partial charge in [0.25, 0.3) is 0 Å². The van der Waals surface area contributed by atoms with Crippen molar-refractivity contribution in [2.45, 2.75) is 18.9 Å². The van der Waals surface area contributed by atoms with Crippen molar-refractivity contribution < 1.29 is 9.18 Å². The van der Waals surface area contributed by atoms with Gasteiger partial charge in [0.1, 0.15) is 5.82 Å². The highest BCUT2D eigenvalue weighted by atomic mass is 19.1. The third kappa shape index (κ3) is 1.82. The van der Waals surface area contributed by atoms with E-state index in [1.807, 2.05) is 0 Å². The Morgan fingerprint density at radius 2 is 2.29 bits per heavy atom. The van der Waals surface area contributed by atoms with Crippen LogP contribution < -0.4 is 10.2 Å². The maximum atomic E-state index is 13.2. The van der Waals surface area contributed by atoms with Crippen LogP contribution in [0.3, 0.4) is 0 Å². The Morgan fingerprint density at radius 1 is 1.41 bits per heavy atom. The quantitative estimate of drug-likeness (QED) is 0.799. The van der Waals surface area contributed by atoms with Gasteiger partial charge >= 0.3 is 0 Å². The lowest BCUT2D eigenvalue weighted by Crippen LogP contribution is -2.46. The molecule has 1 amide bonds. The molecular weight excluding hydrogens is 219 g/mol. The van der Waals surface area contributed by atoms with Crippen molar-refractivity contribution in [1.82, 2.24) is 5.32 Å². The van der Waals surface area contributed by atoms with Crippen molar-refractivity contribution in [2.75, 3.05) is 18.0 Å². The lowest BCUT2D eigenvalue weighted by Gasteiger charge is -2.32. The predicted molar refractivity (Wildman–Crippen MR) is 63.3 cm³/mol. The summed E-state index contributed by atoms with van der Waals surface area (Å²) in [6, 6.07) is 6.49. The number of benzene rings is 1. The van der Waals surface area contributed by atoms with E-state index in [-0.39, 0.29) is 17.8 Å². The lowest BCUT2D eigenvalue weighted by molar-refractivity contribution is -0.117. The fourth-order valence-corrected chi connectivity index (χ4v) is 2.91. The summed E-state index contributed by atoms with van der Waals surface area (Å²) in [5, 5.41) is 3.30. The van der Waals surface area contributed by atoms with Gasteiger partial charge in [-0.15, -0.1) is 0 Å². The third-order valence-electron chi connectivity index (χ3n) is 3.71. The van der Waals surface area contributed by atoms with Crippen LogP contribution in [0.5, 0.6) is 0 Å². The number of fused-ring (bicyclic) bond motifs is 1. The molecular formula is C13H15FN2O. The maximum Gasteiger partial charge on any atom is 0.227 e. The van der Waals surface area contributed by atoms with Crippen LogP contribution in [0.2, 0.25) is 0 Å². The Morgan fingerprint density at radius 3 is 3.12 bits per heavy atom. The van der Waals surface area contributed by atoms with Crippen molar-refractivity contribution >= 4 is 11.6 Å². The number of halogens is 1. The van der Waals surface area contributed by atoms with E-state index >= 15 is 0 Å². The molecule has 2 atom stereocenters. The van der Waals surface area contributed by atoms with Crippen molar-refractivity contribution in [3.8, 4) is 0 Å². The summed E-state index contributed by atoms with van der Waals surface area (Å²) in [7, 11) is 0. The van der Waals surface area contributed by atoms with E-state index < -0.39 is 0 Å². The van der Waals surface area contributed by atoms with Crippen molar-refractivity contribution in [2.24, 2.45) is 5.92 Å². The molecule has 0 aromatic heterocycles. The second kappa shape index (κ2) is 4.11. The molecule has 17 heavy (non-hydrogen) atoms. The lowest BCUT2D eigenvalue weighted by atomic mass is 9.93. The van der Waals surface area contributed by atoms with Crippen LogP contribution in [0.1, 0.15) is 12.8 Å². The minimum Gasteiger partial charge on any atom is -0.315 e. The molecule has 2 saturated heterocycles. The molecule has 2 aliphatic heterocycles. The first-order chi connectivity index (χ1) is 8.25. The molecule has 1 aromatic carbocycles. The molecule has 0 saturated carbocycles. The molecule has 3 rings (SSSR count). The van der Waals surface area contributed by atoms with Gasteiger partial charge in [0.05, 0.1) is 6.04 Å². The second-order valence-corrected chi connectivity index (χ2v) is 4.77. The van der Waals surface area contributed by atoms with E-state index in [9.17, 15) is 9.18 Å². The average molecular weight is 234 g/mol. The van der Waals surface area contributed by atoms with Gasteiger partial charge in [-0.2, -0.15) is 0 Å². The van der Waals surface area contributed by atoms with Crippen LogP contribution in [0.25, 0.3) is 0 Å². The van der Waals surface area contributed by atoms with Gasteiger partial charge < -0.3 is 10.2 Å². The van der Waals surface area contributed by atoms with E-state index in [2.05, 4.69) is 5.32 Å². The highest BCUT2D eigenvalue weighted by Crippen LogP contribution is 2.34. The van der Waals surface area contributed by atoms with Crippen LogP contribution in [0.15, 0.2) is 24.3 Å². The molecule has 1 N–H and O–H groups in total. The van der Waals surface area contributed by atoms with Gasteiger partial charge in [-0.25, -0.2) is 4.39 Å². The monoisotopic (exact) mass is 234 g/mol. The summed E-state index contributed by atoms with van der Waals surface area (Å²) in [5.74, 6) is 0.254. The maximum absolute atomic E-state index is 13.2. The van der Waals surface area contributed by atoms with Crippen LogP contribution in [-0.4, -0.2) is 25.0 Å². The third-order valence-corrected chi connectivity index (χ3v) is 3.71. The summed E-state index contributed by atoms with van der Waals surface area (Å²) < 4.78 is 13.2. The molecule has 0 spiro atoms. The van der Waals surface area contributed by atoms with Crippen molar-refractivity contribution in [3.05, 3.63) is 30.1 Å². The molecule has 0 bridgehead atoms. The highest BCUT2D eigenvalue weighted by Gasteiger charge is 2.41. The van der Waals surface area contributed by atoms with E-state index in [1.54, 1.807) is 17.0 Å². The fraction of sp³-hybridized carbons (Fsp3) is 0.462. The number of amides is 1. The second-order valence-electron chi connectivity index (χ2n) is 4.77. The first-order valence-corrected chi connectivity index (χ1v) is 6.04. The first-order valence-electron chi connectivity index (χ1n) is 6.04. The van der Waals surface area contributed by atoms with Gasteiger partial charge in [-0.1, -0.05) is 6.07 Å². The molecule has 2 aliphatic rings. The largest absolute Gasteiger partial charge is 0.315 e. The number of carbonyl (C=O) groups excluding carboxylic acids is 1. The van der Waals surface area contributed by atoms with E-state index in [0.717, 1.165) is 19.5 Å². The number of rotatable bonds is 1. The minimum absolute atomic E-state index is 0.120. The van der Waals surface area contributed by atoms with E-state index in [0.29, 0.717) is 18.0 Å². The highest BCUT2D eigenvalue weighted by molar-refractivity contribution is 5.96.